The lowest BCUT2D eigenvalue weighted by atomic mass is 10.1. The van der Waals surface area contributed by atoms with Crippen LogP contribution in [0.4, 0.5) is 15.8 Å². The number of halogens is 2. The number of nitrogens with two attached hydrogens (primary N) is 1. The van der Waals surface area contributed by atoms with Crippen LogP contribution < -0.4 is 11.1 Å². The van der Waals surface area contributed by atoms with Gasteiger partial charge in [0.2, 0.25) is 0 Å². The van der Waals surface area contributed by atoms with Crippen LogP contribution in [-0.4, -0.2) is 30.6 Å². The molecule has 1 atom stereocenters. The number of likely N-dealkylation sites (tertiary alicyclic amines) is 1. The van der Waals surface area contributed by atoms with Gasteiger partial charge in [0.15, 0.2) is 5.82 Å². The summed E-state index contributed by atoms with van der Waals surface area (Å²) < 4.78 is 13.9. The Bertz CT molecular complexity index is 425. The zero-order chi connectivity index (χ0) is 13.1. The van der Waals surface area contributed by atoms with Crippen molar-refractivity contribution in [3.05, 3.63) is 23.0 Å². The number of nitrogen functional groups attached to an aromatic ring is 1. The molecule has 0 amide bonds. The summed E-state index contributed by atoms with van der Waals surface area (Å²) >= 11 is 5.78. The van der Waals surface area contributed by atoms with E-state index in [1.165, 1.54) is 6.07 Å². The van der Waals surface area contributed by atoms with Gasteiger partial charge in [-0.1, -0.05) is 18.5 Å². The molecule has 0 spiro atoms. The summed E-state index contributed by atoms with van der Waals surface area (Å²) in [5.41, 5.74) is 6.55. The molecule has 1 unspecified atom stereocenters. The number of hydrogen-bond donors (Lipinski definition) is 2. The van der Waals surface area contributed by atoms with Crippen molar-refractivity contribution in [2.45, 2.75) is 25.8 Å². The molecular weight excluding hydrogens is 253 g/mol. The van der Waals surface area contributed by atoms with Gasteiger partial charge in [0.1, 0.15) is 0 Å². The second kappa shape index (κ2) is 5.76. The van der Waals surface area contributed by atoms with Gasteiger partial charge in [0, 0.05) is 12.6 Å². The molecular formula is C13H19ClFN3. The maximum Gasteiger partial charge on any atom is 0.166 e. The molecule has 3 nitrogen and oxygen atoms in total. The predicted molar refractivity (Wildman–Crippen MR) is 74.6 cm³/mol. The Morgan fingerprint density at radius 3 is 3.06 bits per heavy atom. The van der Waals surface area contributed by atoms with Crippen molar-refractivity contribution in [1.29, 1.82) is 0 Å². The van der Waals surface area contributed by atoms with E-state index >= 15 is 0 Å². The molecule has 0 radical (unpaired) electrons. The molecule has 0 aromatic heterocycles. The number of hydrogen-bond acceptors (Lipinski definition) is 3. The van der Waals surface area contributed by atoms with Gasteiger partial charge in [-0.15, -0.1) is 0 Å². The van der Waals surface area contributed by atoms with E-state index in [2.05, 4.69) is 17.1 Å². The molecule has 18 heavy (non-hydrogen) atoms. The first kappa shape index (κ1) is 13.4. The van der Waals surface area contributed by atoms with Gasteiger partial charge < -0.3 is 16.0 Å². The van der Waals surface area contributed by atoms with Crippen LogP contribution in [0.1, 0.15) is 19.8 Å². The predicted octanol–water partition coefficient (Wildman–Crippen LogP) is 2.96. The summed E-state index contributed by atoms with van der Waals surface area (Å²) in [5.74, 6) is -0.453. The summed E-state index contributed by atoms with van der Waals surface area (Å²) in [7, 11) is 0. The summed E-state index contributed by atoms with van der Waals surface area (Å²) in [4.78, 5) is 2.35. The fourth-order valence-corrected chi connectivity index (χ4v) is 2.53. The Kier molecular flexibility index (Phi) is 4.30. The number of anilines is 2. The highest BCUT2D eigenvalue weighted by Crippen LogP contribution is 2.30. The van der Waals surface area contributed by atoms with Gasteiger partial charge in [-0.3, -0.25) is 0 Å². The lowest BCUT2D eigenvalue weighted by Gasteiger charge is -2.33. The third kappa shape index (κ3) is 2.87. The topological polar surface area (TPSA) is 41.3 Å². The fourth-order valence-electron chi connectivity index (χ4n) is 2.38. The van der Waals surface area contributed by atoms with Gasteiger partial charge in [-0.05, 0) is 38.1 Å². The maximum atomic E-state index is 13.9. The standard InChI is InChI=1S/C13H19ClFN3/c1-2-18-7-3-4-9(8-18)17-13-11(16)6-5-10(14)12(13)15/h5-6,9,17H,2-4,7-8,16H2,1H3. The Hall–Kier alpha value is -1.000. The van der Waals surface area contributed by atoms with Gasteiger partial charge in [0.05, 0.1) is 16.4 Å². The highest BCUT2D eigenvalue weighted by Gasteiger charge is 2.21. The lowest BCUT2D eigenvalue weighted by molar-refractivity contribution is 0.226. The first-order valence-electron chi connectivity index (χ1n) is 6.34. The Morgan fingerprint density at radius 1 is 1.56 bits per heavy atom. The molecule has 0 saturated carbocycles. The number of nitrogens with one attached hydrogen (secondary N) is 1. The summed E-state index contributed by atoms with van der Waals surface area (Å²) in [5, 5.41) is 3.30. The minimum Gasteiger partial charge on any atom is -0.397 e. The summed E-state index contributed by atoms with van der Waals surface area (Å²) in [6.45, 7) is 5.19. The average Bonchev–Trinajstić information content (AvgIpc) is 2.39. The molecule has 100 valence electrons. The van der Waals surface area contributed by atoms with E-state index in [0.717, 1.165) is 32.5 Å². The Labute approximate surface area is 112 Å². The highest BCUT2D eigenvalue weighted by molar-refractivity contribution is 6.31. The first-order valence-corrected chi connectivity index (χ1v) is 6.72. The zero-order valence-corrected chi connectivity index (χ0v) is 11.3. The molecule has 3 N–H and O–H groups in total. The van der Waals surface area contributed by atoms with E-state index in [1.807, 2.05) is 0 Å². The van der Waals surface area contributed by atoms with Crippen molar-refractivity contribution >= 4 is 23.0 Å². The van der Waals surface area contributed by atoms with Crippen molar-refractivity contribution in [3.8, 4) is 0 Å². The number of likely N-dealkylation sites (N-methyl/N-ethyl adjacent to an activating group) is 1. The molecule has 1 aliphatic rings. The van der Waals surface area contributed by atoms with Crippen molar-refractivity contribution in [1.82, 2.24) is 4.90 Å². The molecule has 1 saturated heterocycles. The molecule has 1 fully saturated rings. The summed E-state index contributed by atoms with van der Waals surface area (Å²) in [6.07, 6.45) is 2.15. The van der Waals surface area contributed by atoms with Crippen LogP contribution >= 0.6 is 11.6 Å². The number of benzene rings is 1. The first-order chi connectivity index (χ1) is 8.61. The van der Waals surface area contributed by atoms with Crippen molar-refractivity contribution in [2.75, 3.05) is 30.7 Å². The van der Waals surface area contributed by atoms with E-state index in [9.17, 15) is 4.39 Å². The third-order valence-electron chi connectivity index (χ3n) is 3.43. The Balaban J connectivity index is 2.11. The normalized spacial score (nSPS) is 20.9. The molecule has 1 aromatic carbocycles. The lowest BCUT2D eigenvalue weighted by Crippen LogP contribution is -2.42. The van der Waals surface area contributed by atoms with Crippen LogP contribution in [0.25, 0.3) is 0 Å². The largest absolute Gasteiger partial charge is 0.397 e. The van der Waals surface area contributed by atoms with Crippen LogP contribution in [0.2, 0.25) is 5.02 Å². The zero-order valence-electron chi connectivity index (χ0n) is 10.5. The van der Waals surface area contributed by atoms with Crippen molar-refractivity contribution < 1.29 is 4.39 Å². The monoisotopic (exact) mass is 271 g/mol. The molecule has 1 aliphatic heterocycles. The van der Waals surface area contributed by atoms with Gasteiger partial charge in [-0.2, -0.15) is 0 Å². The minimum atomic E-state index is -0.453. The highest BCUT2D eigenvalue weighted by atomic mass is 35.5. The van der Waals surface area contributed by atoms with Crippen LogP contribution in [0.5, 0.6) is 0 Å². The van der Waals surface area contributed by atoms with E-state index in [-0.39, 0.29) is 11.1 Å². The Morgan fingerprint density at radius 2 is 2.33 bits per heavy atom. The average molecular weight is 272 g/mol. The van der Waals surface area contributed by atoms with Crippen LogP contribution in [0.3, 0.4) is 0 Å². The van der Waals surface area contributed by atoms with E-state index in [1.54, 1.807) is 6.07 Å². The quantitative estimate of drug-likeness (QED) is 0.831. The molecule has 1 aromatic rings. The van der Waals surface area contributed by atoms with Gasteiger partial charge in [-0.25, -0.2) is 4.39 Å². The van der Waals surface area contributed by atoms with Gasteiger partial charge in [0.25, 0.3) is 0 Å². The van der Waals surface area contributed by atoms with E-state index < -0.39 is 5.82 Å². The number of rotatable bonds is 3. The van der Waals surface area contributed by atoms with Crippen LogP contribution in [-0.2, 0) is 0 Å². The molecule has 5 heteroatoms. The SMILES string of the molecule is CCN1CCCC(Nc2c(N)ccc(Cl)c2F)C1. The smallest absolute Gasteiger partial charge is 0.166 e. The molecule has 0 bridgehead atoms. The van der Waals surface area contributed by atoms with Crippen molar-refractivity contribution in [2.24, 2.45) is 0 Å². The van der Waals surface area contributed by atoms with Gasteiger partial charge >= 0.3 is 0 Å². The number of nitrogens with zero attached hydrogens (tertiary/aromatic N) is 1. The number of piperidine rings is 1. The van der Waals surface area contributed by atoms with Crippen LogP contribution in [0, 0.1) is 5.82 Å². The maximum absolute atomic E-state index is 13.9. The van der Waals surface area contributed by atoms with Crippen LogP contribution in [0.15, 0.2) is 12.1 Å². The fraction of sp³-hybridized carbons (Fsp3) is 0.538. The van der Waals surface area contributed by atoms with E-state index in [4.69, 9.17) is 17.3 Å². The summed E-state index contributed by atoms with van der Waals surface area (Å²) in [6, 6.07) is 3.35. The molecule has 1 heterocycles. The second-order valence-corrected chi connectivity index (χ2v) is 5.11. The molecule has 2 rings (SSSR count). The third-order valence-corrected chi connectivity index (χ3v) is 3.72. The molecule has 0 aliphatic carbocycles. The van der Waals surface area contributed by atoms with Crippen molar-refractivity contribution in [3.63, 3.8) is 0 Å². The minimum absolute atomic E-state index is 0.106. The second-order valence-electron chi connectivity index (χ2n) is 4.70. The van der Waals surface area contributed by atoms with E-state index in [0.29, 0.717) is 11.4 Å².